The Balaban J connectivity index is 1.07. The molecule has 0 saturated carbocycles. The molecule has 0 atom stereocenters. The maximum atomic E-state index is 6.68. The number of para-hydroxylation sites is 2. The van der Waals surface area contributed by atoms with Gasteiger partial charge in [0.05, 0.1) is 11.0 Å². The van der Waals surface area contributed by atoms with Gasteiger partial charge in [0.15, 0.2) is 17.5 Å². The first-order chi connectivity index (χ1) is 25.3. The van der Waals surface area contributed by atoms with E-state index in [9.17, 15) is 0 Å². The lowest BCUT2D eigenvalue weighted by Gasteiger charge is -2.08. The van der Waals surface area contributed by atoms with Crippen molar-refractivity contribution in [3.63, 3.8) is 0 Å². The number of thiophene rings is 1. The third-order valence-corrected chi connectivity index (χ3v) is 11.0. The fourth-order valence-electron chi connectivity index (χ4n) is 7.50. The van der Waals surface area contributed by atoms with E-state index in [2.05, 4.69) is 89.5 Å². The molecule has 0 N–H and O–H groups in total. The Morgan fingerprint density at radius 2 is 1.02 bits per heavy atom. The van der Waals surface area contributed by atoms with Gasteiger partial charge in [0.1, 0.15) is 11.2 Å². The van der Waals surface area contributed by atoms with Crippen LogP contribution in [0.2, 0.25) is 0 Å². The summed E-state index contributed by atoms with van der Waals surface area (Å²) in [6.45, 7) is 0. The Kier molecular flexibility index (Phi) is 6.05. The van der Waals surface area contributed by atoms with Gasteiger partial charge in [0.2, 0.25) is 0 Å². The van der Waals surface area contributed by atoms with Gasteiger partial charge in [0.25, 0.3) is 0 Å². The van der Waals surface area contributed by atoms with Crippen LogP contribution in [-0.4, -0.2) is 19.5 Å². The number of aromatic nitrogens is 4. The molecular formula is C45H26N4OS. The maximum absolute atomic E-state index is 6.68. The first-order valence-electron chi connectivity index (χ1n) is 16.9. The molecular weight excluding hydrogens is 645 g/mol. The van der Waals surface area contributed by atoms with Crippen LogP contribution in [0.5, 0.6) is 0 Å². The molecule has 0 saturated heterocycles. The fraction of sp³-hybridized carbons (Fsp3) is 0. The summed E-state index contributed by atoms with van der Waals surface area (Å²) in [6, 6.07) is 54.9. The van der Waals surface area contributed by atoms with Crippen molar-refractivity contribution in [1.29, 1.82) is 0 Å². The third kappa shape index (κ3) is 4.37. The number of benzene rings is 7. The smallest absolute Gasteiger partial charge is 0.164 e. The summed E-state index contributed by atoms with van der Waals surface area (Å²) in [5.41, 5.74) is 8.11. The second-order valence-corrected chi connectivity index (χ2v) is 13.9. The molecule has 0 aliphatic carbocycles. The molecule has 0 amide bonds. The van der Waals surface area contributed by atoms with E-state index in [4.69, 9.17) is 19.4 Å². The molecule has 0 aliphatic rings. The zero-order chi connectivity index (χ0) is 33.5. The molecule has 51 heavy (non-hydrogen) atoms. The number of hydrogen-bond acceptors (Lipinski definition) is 5. The number of fused-ring (bicyclic) bond motifs is 10. The van der Waals surface area contributed by atoms with Gasteiger partial charge < -0.3 is 8.98 Å². The summed E-state index contributed by atoms with van der Waals surface area (Å²) >= 11 is 1.81. The highest BCUT2D eigenvalue weighted by Crippen LogP contribution is 2.43. The number of nitrogens with zero attached hydrogens (tertiary/aromatic N) is 4. The summed E-state index contributed by atoms with van der Waals surface area (Å²) < 4.78 is 11.5. The van der Waals surface area contributed by atoms with Crippen LogP contribution >= 0.6 is 11.3 Å². The molecule has 0 spiro atoms. The molecule has 7 aromatic carbocycles. The van der Waals surface area contributed by atoms with Crippen molar-refractivity contribution in [2.45, 2.75) is 0 Å². The normalized spacial score (nSPS) is 11.9. The van der Waals surface area contributed by atoms with Crippen LogP contribution in [0.25, 0.3) is 104 Å². The van der Waals surface area contributed by atoms with Gasteiger partial charge in [-0.05, 0) is 54.6 Å². The van der Waals surface area contributed by atoms with Crippen LogP contribution in [-0.2, 0) is 0 Å². The van der Waals surface area contributed by atoms with Gasteiger partial charge in [0, 0.05) is 64.1 Å². The SMILES string of the molecule is c1ccc(-c2nc(-c3ccccc3)nc(-c3ccc4oc5c(ccc6sc7cc(-n8c9ccccc9c9ccccc98)ccc7c65)c4c3)n2)cc1. The molecule has 4 aromatic heterocycles. The summed E-state index contributed by atoms with van der Waals surface area (Å²) in [4.78, 5) is 14.8. The average molecular weight is 671 g/mol. The van der Waals surface area contributed by atoms with E-state index in [1.807, 2.05) is 84.1 Å². The van der Waals surface area contributed by atoms with Gasteiger partial charge in [-0.25, -0.2) is 15.0 Å². The summed E-state index contributed by atoms with van der Waals surface area (Å²) in [5, 5.41) is 6.98. The Labute approximate surface area is 295 Å². The monoisotopic (exact) mass is 670 g/mol. The van der Waals surface area contributed by atoms with Crippen molar-refractivity contribution in [2.75, 3.05) is 0 Å². The van der Waals surface area contributed by atoms with Gasteiger partial charge in [-0.2, -0.15) is 0 Å². The lowest BCUT2D eigenvalue weighted by atomic mass is 10.1. The average Bonchev–Trinajstić information content (AvgIpc) is 3.87. The van der Waals surface area contributed by atoms with E-state index in [0.717, 1.165) is 49.7 Å². The van der Waals surface area contributed by atoms with E-state index in [1.54, 1.807) is 0 Å². The summed E-state index contributed by atoms with van der Waals surface area (Å²) in [6.07, 6.45) is 0. The predicted molar refractivity (Wildman–Crippen MR) is 211 cm³/mol. The van der Waals surface area contributed by atoms with Crippen LogP contribution in [0.1, 0.15) is 0 Å². The highest BCUT2D eigenvalue weighted by Gasteiger charge is 2.19. The van der Waals surface area contributed by atoms with E-state index in [1.165, 1.54) is 36.6 Å². The van der Waals surface area contributed by atoms with E-state index in [0.29, 0.717) is 17.5 Å². The quantitative estimate of drug-likeness (QED) is 0.187. The first-order valence-corrected chi connectivity index (χ1v) is 17.8. The van der Waals surface area contributed by atoms with Crippen LogP contribution in [0, 0.1) is 0 Å². The molecule has 238 valence electrons. The zero-order valence-corrected chi connectivity index (χ0v) is 27.9. The van der Waals surface area contributed by atoms with Gasteiger partial charge in [-0.3, -0.25) is 0 Å². The molecule has 11 rings (SSSR count). The minimum atomic E-state index is 0.624. The second kappa shape index (κ2) is 10.9. The van der Waals surface area contributed by atoms with Crippen LogP contribution in [0.15, 0.2) is 162 Å². The molecule has 6 heteroatoms. The van der Waals surface area contributed by atoms with Gasteiger partial charge in [-0.1, -0.05) is 103 Å². The largest absolute Gasteiger partial charge is 0.455 e. The molecule has 4 heterocycles. The predicted octanol–water partition coefficient (Wildman–Crippen LogP) is 12.2. The van der Waals surface area contributed by atoms with Crippen molar-refractivity contribution >= 4 is 75.3 Å². The number of furan rings is 1. The fourth-order valence-corrected chi connectivity index (χ4v) is 8.64. The zero-order valence-electron chi connectivity index (χ0n) is 27.1. The van der Waals surface area contributed by atoms with Gasteiger partial charge >= 0.3 is 0 Å². The second-order valence-electron chi connectivity index (χ2n) is 12.8. The lowest BCUT2D eigenvalue weighted by molar-refractivity contribution is 0.673. The van der Waals surface area contributed by atoms with Crippen molar-refractivity contribution in [2.24, 2.45) is 0 Å². The summed E-state index contributed by atoms with van der Waals surface area (Å²) in [5.74, 6) is 1.91. The van der Waals surface area contributed by atoms with Crippen LogP contribution in [0.3, 0.4) is 0 Å². The molecule has 0 unspecified atom stereocenters. The standard InChI is InChI=1S/C45H26N4OS/c1-3-11-27(12-4-1)43-46-44(28-13-5-2-6-14-28)48-45(47-43)29-19-23-38-35(25-29)33-22-24-39-41(42(33)50-38)34-21-20-30(26-40(34)51-39)49-36-17-9-7-15-31(36)32-16-8-10-18-37(32)49/h1-26H. The van der Waals surface area contributed by atoms with E-state index in [-0.39, 0.29) is 0 Å². The number of hydrogen-bond donors (Lipinski definition) is 0. The Morgan fingerprint density at radius 1 is 0.431 bits per heavy atom. The van der Waals surface area contributed by atoms with E-state index >= 15 is 0 Å². The molecule has 0 aliphatic heterocycles. The first kappa shape index (κ1) is 28.2. The van der Waals surface area contributed by atoms with Crippen LogP contribution < -0.4 is 0 Å². The Bertz CT molecular complexity index is 3030. The molecule has 5 nitrogen and oxygen atoms in total. The molecule has 0 radical (unpaired) electrons. The highest BCUT2D eigenvalue weighted by atomic mass is 32.1. The highest BCUT2D eigenvalue weighted by molar-refractivity contribution is 7.26. The Morgan fingerprint density at radius 3 is 1.69 bits per heavy atom. The molecule has 11 aromatic rings. The molecule has 0 fully saturated rings. The number of rotatable bonds is 4. The third-order valence-electron chi connectivity index (χ3n) is 9.85. The van der Waals surface area contributed by atoms with Crippen molar-refractivity contribution in [3.8, 4) is 39.9 Å². The van der Waals surface area contributed by atoms with Crippen LogP contribution in [0.4, 0.5) is 0 Å². The van der Waals surface area contributed by atoms with Crippen molar-refractivity contribution < 1.29 is 4.42 Å². The minimum absolute atomic E-state index is 0.624. The van der Waals surface area contributed by atoms with Gasteiger partial charge in [-0.15, -0.1) is 11.3 Å². The topological polar surface area (TPSA) is 56.7 Å². The lowest BCUT2D eigenvalue weighted by Crippen LogP contribution is -2.00. The van der Waals surface area contributed by atoms with Crippen molar-refractivity contribution in [3.05, 3.63) is 158 Å². The molecule has 0 bridgehead atoms. The van der Waals surface area contributed by atoms with Crippen molar-refractivity contribution in [1.82, 2.24) is 19.5 Å². The van der Waals surface area contributed by atoms with E-state index < -0.39 is 0 Å². The minimum Gasteiger partial charge on any atom is -0.455 e. The summed E-state index contributed by atoms with van der Waals surface area (Å²) in [7, 11) is 0. The maximum Gasteiger partial charge on any atom is 0.164 e. The Hall–Kier alpha value is -6.63.